The molecule has 1 aromatic heterocycles. The highest BCUT2D eigenvalue weighted by Crippen LogP contribution is 2.31. The fourth-order valence-corrected chi connectivity index (χ4v) is 2.07. The second-order valence-electron chi connectivity index (χ2n) is 4.59. The molecule has 2 heterocycles. The molecule has 4 atom stereocenters. The third-order valence-corrected chi connectivity index (χ3v) is 3.17. The summed E-state index contributed by atoms with van der Waals surface area (Å²) < 4.78 is 11.6. The lowest BCUT2D eigenvalue weighted by molar-refractivity contribution is -0.158. The first kappa shape index (κ1) is 15.4. The van der Waals surface area contributed by atoms with Crippen molar-refractivity contribution in [2.24, 2.45) is 0 Å². The second kappa shape index (κ2) is 6.20. The molecule has 0 bridgehead atoms. The third kappa shape index (κ3) is 3.04. The zero-order chi connectivity index (χ0) is 15.6. The first-order valence-electron chi connectivity index (χ1n) is 6.46. The molecule has 0 unspecified atom stereocenters. The summed E-state index contributed by atoms with van der Waals surface area (Å²) in [5.74, 6) is -0.515. The Labute approximate surface area is 119 Å². The third-order valence-electron chi connectivity index (χ3n) is 3.17. The van der Waals surface area contributed by atoms with Gasteiger partial charge in [-0.25, -0.2) is 4.79 Å². The van der Waals surface area contributed by atoms with Crippen molar-refractivity contribution in [3.8, 4) is 0 Å². The lowest BCUT2D eigenvalue weighted by Gasteiger charge is -2.21. The molecular formula is C12H17N3O6. The maximum Gasteiger partial charge on any atom is 0.351 e. The highest BCUT2D eigenvalue weighted by molar-refractivity contribution is 5.69. The monoisotopic (exact) mass is 299 g/mol. The summed E-state index contributed by atoms with van der Waals surface area (Å²) >= 11 is 0. The van der Waals surface area contributed by atoms with Gasteiger partial charge in [-0.1, -0.05) is 6.92 Å². The summed E-state index contributed by atoms with van der Waals surface area (Å²) in [4.78, 5) is 26.8. The van der Waals surface area contributed by atoms with Gasteiger partial charge in [0.15, 0.2) is 12.3 Å². The zero-order valence-corrected chi connectivity index (χ0v) is 11.4. The Bertz CT molecular complexity index is 574. The van der Waals surface area contributed by atoms with Crippen LogP contribution >= 0.6 is 0 Å². The van der Waals surface area contributed by atoms with Crippen LogP contribution < -0.4 is 11.4 Å². The van der Waals surface area contributed by atoms with Crippen molar-refractivity contribution in [3.63, 3.8) is 0 Å². The van der Waals surface area contributed by atoms with Gasteiger partial charge in [-0.2, -0.15) is 4.98 Å². The Hall–Kier alpha value is -1.97. The van der Waals surface area contributed by atoms with Crippen molar-refractivity contribution in [2.75, 3.05) is 12.3 Å². The Balaban J connectivity index is 2.34. The van der Waals surface area contributed by atoms with E-state index in [4.69, 9.17) is 15.2 Å². The van der Waals surface area contributed by atoms with E-state index in [0.29, 0.717) is 0 Å². The molecule has 2 rings (SSSR count). The lowest BCUT2D eigenvalue weighted by Crippen LogP contribution is -2.39. The summed E-state index contributed by atoms with van der Waals surface area (Å²) in [6.45, 7) is 1.12. The number of ether oxygens (including phenoxy) is 2. The zero-order valence-electron chi connectivity index (χ0n) is 11.4. The molecule has 0 aromatic carbocycles. The molecule has 1 aliphatic rings. The molecule has 4 N–H and O–H groups in total. The standard InChI is InChI=1S/C12H17N3O6/c1-2-8(17)21-10-9(18)6(5-16)20-11(10)15-4-3-7(13)14-12(15)19/h3-4,6,9-11,16,18H,2,5H2,1H3,(H2,13,14,19)/t6-,9-,10-,11-/m1/s1. The van der Waals surface area contributed by atoms with Gasteiger partial charge in [-0.05, 0) is 6.07 Å². The number of aliphatic hydroxyl groups excluding tert-OH is 2. The number of rotatable bonds is 4. The number of hydrogen-bond donors (Lipinski definition) is 3. The van der Waals surface area contributed by atoms with Gasteiger partial charge >= 0.3 is 11.7 Å². The van der Waals surface area contributed by atoms with Gasteiger partial charge in [0.1, 0.15) is 18.0 Å². The summed E-state index contributed by atoms with van der Waals surface area (Å²) in [5.41, 5.74) is 4.70. The molecule has 1 fully saturated rings. The fourth-order valence-electron chi connectivity index (χ4n) is 2.07. The number of aromatic nitrogens is 2. The van der Waals surface area contributed by atoms with Crippen LogP contribution in [-0.2, 0) is 14.3 Å². The van der Waals surface area contributed by atoms with E-state index in [9.17, 15) is 19.8 Å². The van der Waals surface area contributed by atoms with E-state index in [1.165, 1.54) is 12.3 Å². The van der Waals surface area contributed by atoms with Crippen LogP contribution in [-0.4, -0.2) is 50.7 Å². The Morgan fingerprint density at radius 1 is 1.62 bits per heavy atom. The van der Waals surface area contributed by atoms with E-state index in [0.717, 1.165) is 4.57 Å². The number of carbonyl (C=O) groups is 1. The topological polar surface area (TPSA) is 137 Å². The van der Waals surface area contributed by atoms with Crippen molar-refractivity contribution in [1.82, 2.24) is 9.55 Å². The van der Waals surface area contributed by atoms with Crippen molar-refractivity contribution >= 4 is 11.8 Å². The molecular weight excluding hydrogens is 282 g/mol. The van der Waals surface area contributed by atoms with E-state index < -0.39 is 42.8 Å². The largest absolute Gasteiger partial charge is 0.455 e. The molecule has 1 saturated heterocycles. The number of nitrogens with two attached hydrogens (primary N) is 1. The predicted molar refractivity (Wildman–Crippen MR) is 70.1 cm³/mol. The minimum absolute atomic E-state index is 0.0376. The number of aliphatic hydroxyl groups is 2. The van der Waals surface area contributed by atoms with Crippen LogP contribution in [0.4, 0.5) is 5.82 Å². The number of esters is 1. The Morgan fingerprint density at radius 2 is 2.33 bits per heavy atom. The van der Waals surface area contributed by atoms with Gasteiger partial charge in [-0.3, -0.25) is 9.36 Å². The maximum absolute atomic E-state index is 11.8. The molecule has 21 heavy (non-hydrogen) atoms. The van der Waals surface area contributed by atoms with Crippen LogP contribution in [0.2, 0.25) is 0 Å². The van der Waals surface area contributed by atoms with E-state index in [2.05, 4.69) is 4.98 Å². The lowest BCUT2D eigenvalue weighted by atomic mass is 10.1. The van der Waals surface area contributed by atoms with E-state index in [1.54, 1.807) is 6.92 Å². The molecule has 1 aromatic rings. The quantitative estimate of drug-likeness (QED) is 0.565. The Morgan fingerprint density at radius 3 is 2.90 bits per heavy atom. The molecule has 9 heteroatoms. The molecule has 0 radical (unpaired) electrons. The Kier molecular flexibility index (Phi) is 4.56. The number of nitrogens with zero attached hydrogens (tertiary/aromatic N) is 2. The minimum atomic E-state index is -1.25. The fraction of sp³-hybridized carbons (Fsp3) is 0.583. The highest BCUT2D eigenvalue weighted by Gasteiger charge is 2.47. The minimum Gasteiger partial charge on any atom is -0.455 e. The van der Waals surface area contributed by atoms with Crippen LogP contribution in [0, 0.1) is 0 Å². The van der Waals surface area contributed by atoms with Crippen LogP contribution in [0.5, 0.6) is 0 Å². The molecule has 1 aliphatic heterocycles. The van der Waals surface area contributed by atoms with Gasteiger partial charge in [0.25, 0.3) is 0 Å². The first-order valence-corrected chi connectivity index (χ1v) is 6.46. The molecule has 9 nitrogen and oxygen atoms in total. The van der Waals surface area contributed by atoms with Crippen molar-refractivity contribution in [1.29, 1.82) is 0 Å². The number of hydrogen-bond acceptors (Lipinski definition) is 8. The SMILES string of the molecule is CCC(=O)O[C@@H]1[C@H](O)[C@@H](CO)O[C@H]1n1ccc(N)nc1=O. The molecule has 0 spiro atoms. The first-order chi connectivity index (χ1) is 9.97. The van der Waals surface area contributed by atoms with Gasteiger partial charge < -0.3 is 25.4 Å². The van der Waals surface area contributed by atoms with Crippen molar-refractivity contribution < 1.29 is 24.5 Å². The molecule has 0 saturated carbocycles. The summed E-state index contributed by atoms with van der Waals surface area (Å²) in [6, 6.07) is 1.38. The van der Waals surface area contributed by atoms with Gasteiger partial charge in [0.05, 0.1) is 6.61 Å². The average Bonchev–Trinajstić information content (AvgIpc) is 2.76. The summed E-state index contributed by atoms with van der Waals surface area (Å²) in [5, 5.41) is 19.2. The maximum atomic E-state index is 11.8. The van der Waals surface area contributed by atoms with Gasteiger partial charge in [-0.15, -0.1) is 0 Å². The number of carbonyl (C=O) groups excluding carboxylic acids is 1. The van der Waals surface area contributed by atoms with Crippen LogP contribution in [0.25, 0.3) is 0 Å². The summed E-state index contributed by atoms with van der Waals surface area (Å²) in [6.07, 6.45) is -2.97. The molecule has 116 valence electrons. The van der Waals surface area contributed by atoms with Crippen molar-refractivity contribution in [3.05, 3.63) is 22.7 Å². The number of anilines is 1. The van der Waals surface area contributed by atoms with Crippen LogP contribution in [0.1, 0.15) is 19.6 Å². The van der Waals surface area contributed by atoms with Gasteiger partial charge in [0.2, 0.25) is 0 Å². The number of nitrogen functional groups attached to an aromatic ring is 1. The van der Waals surface area contributed by atoms with Gasteiger partial charge in [0, 0.05) is 12.6 Å². The average molecular weight is 299 g/mol. The highest BCUT2D eigenvalue weighted by atomic mass is 16.6. The van der Waals surface area contributed by atoms with E-state index in [-0.39, 0.29) is 12.2 Å². The van der Waals surface area contributed by atoms with E-state index >= 15 is 0 Å². The van der Waals surface area contributed by atoms with Crippen LogP contribution in [0.15, 0.2) is 17.1 Å². The normalized spacial score (nSPS) is 28.5. The second-order valence-corrected chi connectivity index (χ2v) is 4.59. The van der Waals surface area contributed by atoms with E-state index in [1.807, 2.05) is 0 Å². The molecule has 0 aliphatic carbocycles. The molecule has 0 amide bonds. The van der Waals surface area contributed by atoms with Crippen LogP contribution in [0.3, 0.4) is 0 Å². The summed E-state index contributed by atoms with van der Waals surface area (Å²) in [7, 11) is 0. The van der Waals surface area contributed by atoms with Crippen molar-refractivity contribution in [2.45, 2.75) is 37.9 Å². The predicted octanol–water partition coefficient (Wildman–Crippen LogP) is -1.60. The smallest absolute Gasteiger partial charge is 0.351 e.